The summed E-state index contributed by atoms with van der Waals surface area (Å²) in [6, 6.07) is 5.94. The number of aromatic amines is 2. The number of aryl methyl sites for hydroxylation is 3. The van der Waals surface area contributed by atoms with Gasteiger partial charge in [0.1, 0.15) is 5.82 Å². The molecular weight excluding hydrogens is 300 g/mol. The van der Waals surface area contributed by atoms with Gasteiger partial charge in [-0.15, -0.1) is 0 Å². The molecule has 0 aliphatic carbocycles. The normalized spacial score (nSPS) is 17.8. The van der Waals surface area contributed by atoms with Crippen molar-refractivity contribution in [3.63, 3.8) is 0 Å². The molecule has 1 unspecified atom stereocenters. The molecule has 1 atom stereocenters. The average molecular weight is 322 g/mol. The number of carbonyl (C=O) groups is 1. The van der Waals surface area contributed by atoms with Crippen molar-refractivity contribution in [2.75, 3.05) is 13.1 Å². The van der Waals surface area contributed by atoms with Crippen LogP contribution < -0.4 is 0 Å². The highest BCUT2D eigenvalue weighted by Gasteiger charge is 2.29. The second-order valence-corrected chi connectivity index (χ2v) is 6.82. The van der Waals surface area contributed by atoms with Crippen LogP contribution in [-0.4, -0.2) is 38.8 Å². The van der Waals surface area contributed by atoms with E-state index in [0.717, 1.165) is 53.2 Å². The van der Waals surface area contributed by atoms with Gasteiger partial charge in [0.25, 0.3) is 5.91 Å². The largest absolute Gasteiger partial charge is 0.358 e. The molecule has 5 nitrogen and oxygen atoms in total. The molecule has 0 radical (unpaired) electrons. The average Bonchev–Trinajstić information content (AvgIpc) is 3.27. The lowest BCUT2D eigenvalue weighted by Gasteiger charge is -2.16. The molecule has 1 saturated heterocycles. The third-order valence-electron chi connectivity index (χ3n) is 5.14. The van der Waals surface area contributed by atoms with Gasteiger partial charge in [0.15, 0.2) is 0 Å². The van der Waals surface area contributed by atoms with Crippen LogP contribution in [0.1, 0.15) is 45.5 Å². The van der Waals surface area contributed by atoms with Crippen molar-refractivity contribution >= 4 is 16.8 Å². The van der Waals surface area contributed by atoms with Crippen molar-refractivity contribution in [3.8, 4) is 0 Å². The molecule has 5 heteroatoms. The fourth-order valence-corrected chi connectivity index (χ4v) is 3.59. The number of amides is 1. The number of benzene rings is 1. The number of aromatic nitrogens is 3. The van der Waals surface area contributed by atoms with Crippen molar-refractivity contribution < 1.29 is 4.79 Å². The highest BCUT2D eigenvalue weighted by molar-refractivity contribution is 5.99. The molecule has 3 aromatic rings. The fraction of sp³-hybridized carbons (Fsp3) is 0.368. The van der Waals surface area contributed by atoms with Crippen molar-refractivity contribution in [3.05, 3.63) is 52.7 Å². The van der Waals surface area contributed by atoms with Crippen molar-refractivity contribution in [2.24, 2.45) is 0 Å². The Hall–Kier alpha value is -2.56. The topological polar surface area (TPSA) is 64.8 Å². The number of nitrogens with one attached hydrogen (secondary N) is 2. The Labute approximate surface area is 141 Å². The Bertz CT molecular complexity index is 921. The molecule has 3 heterocycles. The molecule has 0 spiro atoms. The van der Waals surface area contributed by atoms with Gasteiger partial charge < -0.3 is 14.9 Å². The Morgan fingerprint density at radius 3 is 2.83 bits per heavy atom. The van der Waals surface area contributed by atoms with E-state index < -0.39 is 0 Å². The number of hydrogen-bond acceptors (Lipinski definition) is 2. The first-order valence-corrected chi connectivity index (χ1v) is 8.42. The van der Waals surface area contributed by atoms with Gasteiger partial charge in [0, 0.05) is 53.1 Å². The second-order valence-electron chi connectivity index (χ2n) is 6.82. The molecule has 2 N–H and O–H groups in total. The molecule has 0 saturated carbocycles. The van der Waals surface area contributed by atoms with Crippen LogP contribution >= 0.6 is 0 Å². The van der Waals surface area contributed by atoms with E-state index in [1.54, 1.807) is 0 Å². The highest BCUT2D eigenvalue weighted by atomic mass is 16.2. The van der Waals surface area contributed by atoms with Crippen LogP contribution in [0.5, 0.6) is 0 Å². The van der Waals surface area contributed by atoms with Crippen LogP contribution in [0.25, 0.3) is 10.9 Å². The molecule has 24 heavy (non-hydrogen) atoms. The molecule has 2 aromatic heterocycles. The number of nitrogens with zero attached hydrogens (tertiary/aromatic N) is 2. The molecule has 1 aromatic carbocycles. The number of H-pyrrole nitrogens is 2. The van der Waals surface area contributed by atoms with Crippen LogP contribution in [0.15, 0.2) is 24.4 Å². The van der Waals surface area contributed by atoms with Gasteiger partial charge in [-0.05, 0) is 51.0 Å². The summed E-state index contributed by atoms with van der Waals surface area (Å²) in [5.74, 6) is 1.42. The summed E-state index contributed by atoms with van der Waals surface area (Å²) in [5, 5.41) is 1.13. The minimum Gasteiger partial charge on any atom is -0.358 e. The predicted octanol–water partition coefficient (Wildman–Crippen LogP) is 3.45. The van der Waals surface area contributed by atoms with Crippen molar-refractivity contribution in [2.45, 2.75) is 33.1 Å². The Kier molecular flexibility index (Phi) is 3.44. The quantitative estimate of drug-likeness (QED) is 0.759. The number of hydrogen-bond donors (Lipinski definition) is 2. The van der Waals surface area contributed by atoms with Crippen LogP contribution in [-0.2, 0) is 0 Å². The smallest absolute Gasteiger partial charge is 0.253 e. The van der Waals surface area contributed by atoms with Crippen LogP contribution in [0.4, 0.5) is 0 Å². The second kappa shape index (κ2) is 5.51. The summed E-state index contributed by atoms with van der Waals surface area (Å²) in [6.45, 7) is 7.67. The van der Waals surface area contributed by atoms with E-state index in [4.69, 9.17) is 0 Å². The summed E-state index contributed by atoms with van der Waals surface area (Å²) in [6.07, 6.45) is 2.81. The molecule has 1 amide bonds. The Morgan fingerprint density at radius 2 is 2.08 bits per heavy atom. The summed E-state index contributed by atoms with van der Waals surface area (Å²) in [7, 11) is 0. The first-order valence-electron chi connectivity index (χ1n) is 8.42. The molecule has 124 valence electrons. The summed E-state index contributed by atoms with van der Waals surface area (Å²) >= 11 is 0. The van der Waals surface area contributed by atoms with E-state index in [9.17, 15) is 4.79 Å². The maximum Gasteiger partial charge on any atom is 0.253 e. The SMILES string of the molecule is Cc1cnc(C2CCN(C(=O)c3ccc4[nH]c(C)c(C)c4c3)C2)[nH]1. The van der Waals surface area contributed by atoms with E-state index in [2.05, 4.69) is 28.8 Å². The third kappa shape index (κ3) is 2.40. The van der Waals surface area contributed by atoms with Gasteiger partial charge in [-0.2, -0.15) is 0 Å². The summed E-state index contributed by atoms with van der Waals surface area (Å²) < 4.78 is 0. The lowest BCUT2D eigenvalue weighted by atomic mass is 10.1. The fourth-order valence-electron chi connectivity index (χ4n) is 3.59. The minimum absolute atomic E-state index is 0.112. The van der Waals surface area contributed by atoms with Gasteiger partial charge >= 0.3 is 0 Å². The molecular formula is C19H22N4O. The number of rotatable bonds is 2. The van der Waals surface area contributed by atoms with Gasteiger partial charge in [0.2, 0.25) is 0 Å². The number of carbonyl (C=O) groups excluding carboxylic acids is 1. The number of likely N-dealkylation sites (tertiary alicyclic amines) is 1. The van der Waals surface area contributed by atoms with Gasteiger partial charge in [-0.25, -0.2) is 4.98 Å². The van der Waals surface area contributed by atoms with Crippen LogP contribution in [0.2, 0.25) is 0 Å². The molecule has 1 aliphatic rings. The first-order chi connectivity index (χ1) is 11.5. The molecule has 0 bridgehead atoms. The maximum atomic E-state index is 12.9. The van der Waals surface area contributed by atoms with Crippen molar-refractivity contribution in [1.29, 1.82) is 0 Å². The van der Waals surface area contributed by atoms with E-state index >= 15 is 0 Å². The minimum atomic E-state index is 0.112. The van der Waals surface area contributed by atoms with Gasteiger partial charge in [-0.3, -0.25) is 4.79 Å². The molecule has 4 rings (SSSR count). The molecule has 1 aliphatic heterocycles. The monoisotopic (exact) mass is 322 g/mol. The van der Waals surface area contributed by atoms with E-state index in [1.165, 1.54) is 5.56 Å². The lowest BCUT2D eigenvalue weighted by molar-refractivity contribution is 0.0790. The number of imidazole rings is 1. The highest BCUT2D eigenvalue weighted by Crippen LogP contribution is 2.28. The zero-order chi connectivity index (χ0) is 16.8. The summed E-state index contributed by atoms with van der Waals surface area (Å²) in [4.78, 5) is 25.9. The standard InChI is InChI=1S/C19H22N4O/c1-11-9-20-18(21-11)15-6-7-23(10-15)19(24)14-4-5-17-16(8-14)12(2)13(3)22-17/h4-5,8-9,15,22H,6-7,10H2,1-3H3,(H,20,21). The van der Waals surface area contributed by atoms with Crippen LogP contribution in [0.3, 0.4) is 0 Å². The predicted molar refractivity (Wildman–Crippen MR) is 94.4 cm³/mol. The van der Waals surface area contributed by atoms with E-state index in [-0.39, 0.29) is 5.91 Å². The zero-order valence-electron chi connectivity index (χ0n) is 14.3. The third-order valence-corrected chi connectivity index (χ3v) is 5.14. The number of fused-ring (bicyclic) bond motifs is 1. The van der Waals surface area contributed by atoms with Gasteiger partial charge in [0.05, 0.1) is 0 Å². The van der Waals surface area contributed by atoms with E-state index in [0.29, 0.717) is 5.92 Å². The Morgan fingerprint density at radius 1 is 1.25 bits per heavy atom. The van der Waals surface area contributed by atoms with Crippen LogP contribution in [0, 0.1) is 20.8 Å². The maximum absolute atomic E-state index is 12.9. The zero-order valence-corrected chi connectivity index (χ0v) is 14.3. The van der Waals surface area contributed by atoms with Gasteiger partial charge in [-0.1, -0.05) is 0 Å². The first kappa shape index (κ1) is 15.0. The van der Waals surface area contributed by atoms with Crippen molar-refractivity contribution in [1.82, 2.24) is 19.9 Å². The summed E-state index contributed by atoms with van der Waals surface area (Å²) in [5.41, 5.74) is 5.29. The molecule has 1 fully saturated rings. The van der Waals surface area contributed by atoms with E-state index in [1.807, 2.05) is 36.2 Å². The lowest BCUT2D eigenvalue weighted by Crippen LogP contribution is -2.28. The Balaban J connectivity index is 1.57.